The molecule has 7 heteroatoms. The highest BCUT2D eigenvalue weighted by Gasteiger charge is 2.15. The van der Waals surface area contributed by atoms with Gasteiger partial charge in [-0.15, -0.1) is 5.10 Å². The number of halogens is 1. The number of aromatic nitrogens is 5. The minimum absolute atomic E-state index is 0.251. The molecular weight excluding hydrogens is 285 g/mol. The average molecular weight is 299 g/mol. The maximum atomic E-state index is 13.8. The molecule has 3 rings (SSSR count). The second-order valence-corrected chi connectivity index (χ2v) is 5.00. The van der Waals surface area contributed by atoms with Crippen LogP contribution >= 0.6 is 0 Å². The zero-order valence-corrected chi connectivity index (χ0v) is 12.1. The molecule has 22 heavy (non-hydrogen) atoms. The molecule has 1 unspecified atom stereocenters. The van der Waals surface area contributed by atoms with E-state index in [9.17, 15) is 9.18 Å². The lowest BCUT2D eigenvalue weighted by Gasteiger charge is -2.12. The van der Waals surface area contributed by atoms with Gasteiger partial charge in [-0.1, -0.05) is 23.4 Å². The van der Waals surface area contributed by atoms with Crippen LogP contribution < -0.4 is 5.56 Å². The second kappa shape index (κ2) is 5.51. The fourth-order valence-corrected chi connectivity index (χ4v) is 2.25. The van der Waals surface area contributed by atoms with Crippen molar-refractivity contribution in [2.45, 2.75) is 19.9 Å². The summed E-state index contributed by atoms with van der Waals surface area (Å²) in [4.78, 5) is 18.3. The van der Waals surface area contributed by atoms with Crippen molar-refractivity contribution in [1.29, 1.82) is 0 Å². The van der Waals surface area contributed by atoms with Crippen LogP contribution in [-0.4, -0.2) is 25.0 Å². The SMILES string of the molecule is Cc1nc(-c2cn(C(C)c3ccccc3F)nn2)cc(=O)[nH]1. The summed E-state index contributed by atoms with van der Waals surface area (Å²) in [5, 5.41) is 8.04. The monoisotopic (exact) mass is 299 g/mol. The maximum Gasteiger partial charge on any atom is 0.251 e. The molecule has 2 heterocycles. The van der Waals surface area contributed by atoms with Gasteiger partial charge >= 0.3 is 0 Å². The Balaban J connectivity index is 1.97. The van der Waals surface area contributed by atoms with E-state index in [1.807, 2.05) is 6.92 Å². The van der Waals surface area contributed by atoms with Gasteiger partial charge in [0.1, 0.15) is 17.3 Å². The number of nitrogens with zero attached hydrogens (tertiary/aromatic N) is 4. The number of H-pyrrole nitrogens is 1. The third-order valence-electron chi connectivity index (χ3n) is 3.38. The van der Waals surface area contributed by atoms with E-state index in [4.69, 9.17) is 0 Å². The van der Waals surface area contributed by atoms with Gasteiger partial charge in [-0.25, -0.2) is 14.1 Å². The van der Waals surface area contributed by atoms with Crippen LogP contribution in [0.5, 0.6) is 0 Å². The summed E-state index contributed by atoms with van der Waals surface area (Å²) in [6.45, 7) is 3.52. The van der Waals surface area contributed by atoms with E-state index in [0.29, 0.717) is 22.8 Å². The molecule has 0 saturated heterocycles. The van der Waals surface area contributed by atoms with Gasteiger partial charge in [0, 0.05) is 11.6 Å². The summed E-state index contributed by atoms with van der Waals surface area (Å²) < 4.78 is 15.4. The number of aromatic amines is 1. The fraction of sp³-hybridized carbons (Fsp3) is 0.200. The van der Waals surface area contributed by atoms with Crippen molar-refractivity contribution in [2.24, 2.45) is 0 Å². The van der Waals surface area contributed by atoms with Crippen molar-refractivity contribution in [3.05, 3.63) is 64.1 Å². The number of rotatable bonds is 3. The molecule has 1 aromatic carbocycles. The number of nitrogens with one attached hydrogen (secondary N) is 1. The molecular formula is C15H14FN5O. The predicted molar refractivity (Wildman–Crippen MR) is 78.8 cm³/mol. The van der Waals surface area contributed by atoms with Crippen LogP contribution in [0.4, 0.5) is 4.39 Å². The standard InChI is InChI=1S/C15H14FN5O/c1-9(11-5-3-4-6-12(11)16)21-8-14(19-20-21)13-7-15(22)18-10(2)17-13/h3-9H,1-2H3,(H,17,18,22). The van der Waals surface area contributed by atoms with Crippen molar-refractivity contribution in [3.8, 4) is 11.4 Å². The third-order valence-corrected chi connectivity index (χ3v) is 3.38. The van der Waals surface area contributed by atoms with E-state index < -0.39 is 0 Å². The highest BCUT2D eigenvalue weighted by atomic mass is 19.1. The summed E-state index contributed by atoms with van der Waals surface area (Å²) >= 11 is 0. The molecule has 112 valence electrons. The smallest absolute Gasteiger partial charge is 0.251 e. The zero-order valence-electron chi connectivity index (χ0n) is 12.1. The molecule has 0 bridgehead atoms. The Bertz CT molecular complexity index is 870. The van der Waals surface area contributed by atoms with Gasteiger partial charge in [-0.3, -0.25) is 4.79 Å². The molecule has 0 aliphatic heterocycles. The predicted octanol–water partition coefficient (Wildman–Crippen LogP) is 2.09. The topological polar surface area (TPSA) is 76.5 Å². The molecule has 1 atom stereocenters. The molecule has 0 amide bonds. The summed E-state index contributed by atoms with van der Waals surface area (Å²) in [6, 6.07) is 7.57. The first-order valence-electron chi connectivity index (χ1n) is 6.79. The largest absolute Gasteiger partial charge is 0.311 e. The molecule has 0 saturated carbocycles. The van der Waals surface area contributed by atoms with Gasteiger partial charge in [0.25, 0.3) is 5.56 Å². The Labute approximate surface area is 125 Å². The lowest BCUT2D eigenvalue weighted by molar-refractivity contribution is 0.508. The number of hydrogen-bond donors (Lipinski definition) is 1. The van der Waals surface area contributed by atoms with Crippen LogP contribution in [0.3, 0.4) is 0 Å². The second-order valence-electron chi connectivity index (χ2n) is 5.00. The highest BCUT2D eigenvalue weighted by Crippen LogP contribution is 2.21. The van der Waals surface area contributed by atoms with E-state index in [2.05, 4.69) is 20.3 Å². The van der Waals surface area contributed by atoms with Crippen molar-refractivity contribution >= 4 is 0 Å². The minimum atomic E-state index is -0.314. The normalized spacial score (nSPS) is 12.3. The van der Waals surface area contributed by atoms with Crippen LogP contribution in [0.15, 0.2) is 41.3 Å². The van der Waals surface area contributed by atoms with E-state index in [-0.39, 0.29) is 17.4 Å². The number of aryl methyl sites for hydroxylation is 1. The Morgan fingerprint density at radius 1 is 1.27 bits per heavy atom. The van der Waals surface area contributed by atoms with Crippen LogP contribution in [-0.2, 0) is 0 Å². The fourth-order valence-electron chi connectivity index (χ4n) is 2.25. The zero-order chi connectivity index (χ0) is 15.7. The quantitative estimate of drug-likeness (QED) is 0.803. The van der Waals surface area contributed by atoms with Crippen LogP contribution in [0, 0.1) is 12.7 Å². The van der Waals surface area contributed by atoms with E-state index in [1.165, 1.54) is 12.1 Å². The van der Waals surface area contributed by atoms with Gasteiger partial charge in [0.2, 0.25) is 0 Å². The van der Waals surface area contributed by atoms with Crippen molar-refractivity contribution < 1.29 is 4.39 Å². The molecule has 0 spiro atoms. The van der Waals surface area contributed by atoms with E-state index in [1.54, 1.807) is 36.0 Å². The van der Waals surface area contributed by atoms with Gasteiger partial charge in [-0.05, 0) is 19.9 Å². The average Bonchev–Trinajstić information content (AvgIpc) is 2.96. The first kappa shape index (κ1) is 14.1. The molecule has 0 aliphatic carbocycles. The first-order chi connectivity index (χ1) is 10.5. The van der Waals surface area contributed by atoms with Crippen LogP contribution in [0.25, 0.3) is 11.4 Å². The molecule has 0 radical (unpaired) electrons. The van der Waals surface area contributed by atoms with Gasteiger partial charge in [-0.2, -0.15) is 0 Å². The maximum absolute atomic E-state index is 13.8. The summed E-state index contributed by atoms with van der Waals surface area (Å²) in [5.74, 6) is 0.205. The summed E-state index contributed by atoms with van der Waals surface area (Å²) in [7, 11) is 0. The lowest BCUT2D eigenvalue weighted by Crippen LogP contribution is -2.09. The van der Waals surface area contributed by atoms with Gasteiger partial charge < -0.3 is 4.98 Å². The Kier molecular flexibility index (Phi) is 3.54. The minimum Gasteiger partial charge on any atom is -0.311 e. The third kappa shape index (κ3) is 2.65. The Morgan fingerprint density at radius 3 is 2.77 bits per heavy atom. The van der Waals surface area contributed by atoms with Crippen LogP contribution in [0.2, 0.25) is 0 Å². The van der Waals surface area contributed by atoms with Gasteiger partial charge in [0.05, 0.1) is 17.9 Å². The first-order valence-corrected chi connectivity index (χ1v) is 6.79. The summed E-state index contributed by atoms with van der Waals surface area (Å²) in [6.07, 6.45) is 1.65. The van der Waals surface area contributed by atoms with E-state index in [0.717, 1.165) is 0 Å². The molecule has 6 nitrogen and oxygen atoms in total. The number of hydrogen-bond acceptors (Lipinski definition) is 4. The lowest BCUT2D eigenvalue weighted by atomic mass is 10.1. The summed E-state index contributed by atoms with van der Waals surface area (Å²) in [5.41, 5.74) is 1.18. The molecule has 3 aromatic rings. The van der Waals surface area contributed by atoms with Crippen molar-refractivity contribution in [2.75, 3.05) is 0 Å². The molecule has 0 aliphatic rings. The number of benzene rings is 1. The van der Waals surface area contributed by atoms with Crippen molar-refractivity contribution in [1.82, 2.24) is 25.0 Å². The Morgan fingerprint density at radius 2 is 2.05 bits per heavy atom. The molecule has 0 fully saturated rings. The highest BCUT2D eigenvalue weighted by molar-refractivity contribution is 5.51. The van der Waals surface area contributed by atoms with Crippen molar-refractivity contribution in [3.63, 3.8) is 0 Å². The van der Waals surface area contributed by atoms with Gasteiger partial charge in [0.15, 0.2) is 0 Å². The Hall–Kier alpha value is -2.83. The van der Waals surface area contributed by atoms with E-state index >= 15 is 0 Å². The molecule has 2 aromatic heterocycles. The molecule has 1 N–H and O–H groups in total. The van der Waals surface area contributed by atoms with Crippen LogP contribution in [0.1, 0.15) is 24.4 Å².